The molecule has 1 saturated heterocycles. The molecule has 2 aromatic rings. The molecule has 0 saturated carbocycles. The van der Waals surface area contributed by atoms with Crippen LogP contribution in [0.3, 0.4) is 0 Å². The third-order valence-electron chi connectivity index (χ3n) is 4.53. The fraction of sp³-hybridized carbons (Fsp3) is 0.368. The van der Waals surface area contributed by atoms with Gasteiger partial charge in [-0.1, -0.05) is 30.3 Å². The molecule has 2 heterocycles. The Bertz CT molecular complexity index is 698. The Kier molecular flexibility index (Phi) is 5.72. The summed E-state index contributed by atoms with van der Waals surface area (Å²) in [5.74, 6) is 0.191. The number of likely N-dealkylation sites (tertiary alicyclic amines) is 1. The van der Waals surface area contributed by atoms with Gasteiger partial charge in [-0.2, -0.15) is 0 Å². The number of hydrogen-bond acceptors (Lipinski definition) is 4. The van der Waals surface area contributed by atoms with E-state index in [1.807, 2.05) is 11.0 Å². The molecule has 1 fully saturated rings. The number of hydrogen-bond donors (Lipinski definition) is 1. The van der Waals surface area contributed by atoms with Crippen LogP contribution in [-0.4, -0.2) is 46.3 Å². The van der Waals surface area contributed by atoms with Crippen LogP contribution in [0.2, 0.25) is 0 Å². The number of nitrogens with one attached hydrogen (secondary N) is 1. The number of amides is 2. The number of carbonyl (C=O) groups is 2. The Balaban J connectivity index is 1.42. The second-order valence-corrected chi connectivity index (χ2v) is 6.29. The van der Waals surface area contributed by atoms with Gasteiger partial charge >= 0.3 is 0 Å². The molecule has 0 aliphatic carbocycles. The van der Waals surface area contributed by atoms with Gasteiger partial charge in [0.2, 0.25) is 5.91 Å². The summed E-state index contributed by atoms with van der Waals surface area (Å²) in [6, 6.07) is 10.5. The highest BCUT2D eigenvalue weighted by Gasteiger charge is 2.23. The number of carbonyl (C=O) groups excluding carboxylic acids is 2. The minimum absolute atomic E-state index is 0.00123. The van der Waals surface area contributed by atoms with Crippen LogP contribution in [0.1, 0.15) is 28.9 Å². The smallest absolute Gasteiger partial charge is 0.271 e. The minimum atomic E-state index is -0.375. The van der Waals surface area contributed by atoms with Crippen molar-refractivity contribution < 1.29 is 9.59 Å². The van der Waals surface area contributed by atoms with Gasteiger partial charge < -0.3 is 10.2 Å². The van der Waals surface area contributed by atoms with E-state index in [-0.39, 0.29) is 24.1 Å². The third kappa shape index (κ3) is 4.86. The highest BCUT2D eigenvalue weighted by molar-refractivity contribution is 5.94. The maximum absolute atomic E-state index is 12.3. The zero-order valence-corrected chi connectivity index (χ0v) is 14.1. The van der Waals surface area contributed by atoms with Crippen molar-refractivity contribution in [2.24, 2.45) is 5.92 Å². The molecule has 0 atom stereocenters. The Morgan fingerprint density at radius 2 is 1.88 bits per heavy atom. The van der Waals surface area contributed by atoms with Gasteiger partial charge in [-0.25, -0.2) is 4.98 Å². The molecule has 1 aromatic carbocycles. The maximum Gasteiger partial charge on any atom is 0.271 e. The van der Waals surface area contributed by atoms with E-state index in [1.165, 1.54) is 24.2 Å². The van der Waals surface area contributed by atoms with E-state index in [1.54, 1.807) is 0 Å². The summed E-state index contributed by atoms with van der Waals surface area (Å²) in [7, 11) is 0. The number of nitrogens with zero attached hydrogens (tertiary/aromatic N) is 3. The van der Waals surface area contributed by atoms with Crippen molar-refractivity contribution in [2.45, 2.75) is 19.3 Å². The van der Waals surface area contributed by atoms with E-state index in [4.69, 9.17) is 0 Å². The van der Waals surface area contributed by atoms with Crippen LogP contribution >= 0.6 is 0 Å². The summed E-state index contributed by atoms with van der Waals surface area (Å²) in [5.41, 5.74) is 1.57. The number of benzene rings is 1. The first-order chi connectivity index (χ1) is 12.2. The zero-order valence-electron chi connectivity index (χ0n) is 14.1. The highest BCUT2D eigenvalue weighted by atomic mass is 16.2. The summed E-state index contributed by atoms with van der Waals surface area (Å²) in [6.45, 7) is 1.49. The van der Waals surface area contributed by atoms with Crippen LogP contribution in [0.25, 0.3) is 0 Å². The molecule has 0 spiro atoms. The van der Waals surface area contributed by atoms with E-state index in [2.05, 4.69) is 39.6 Å². The van der Waals surface area contributed by atoms with Crippen molar-refractivity contribution >= 4 is 11.8 Å². The molecule has 2 amide bonds. The van der Waals surface area contributed by atoms with E-state index in [0.717, 1.165) is 32.4 Å². The van der Waals surface area contributed by atoms with E-state index in [0.29, 0.717) is 5.92 Å². The lowest BCUT2D eigenvalue weighted by molar-refractivity contribution is -0.131. The van der Waals surface area contributed by atoms with E-state index >= 15 is 0 Å². The first-order valence-corrected chi connectivity index (χ1v) is 8.58. The number of piperidine rings is 1. The predicted octanol–water partition coefficient (Wildman–Crippen LogP) is 1.69. The van der Waals surface area contributed by atoms with Crippen LogP contribution < -0.4 is 5.32 Å². The predicted molar refractivity (Wildman–Crippen MR) is 93.8 cm³/mol. The molecular formula is C19H22N4O2. The van der Waals surface area contributed by atoms with Gasteiger partial charge in [0.1, 0.15) is 5.69 Å². The monoisotopic (exact) mass is 338 g/mol. The standard InChI is InChI=1S/C19H22N4O2/c24-18(14-22-19(25)17-13-20-8-9-21-17)23-10-6-16(7-11-23)12-15-4-2-1-3-5-15/h1-5,8-9,13,16H,6-7,10-12,14H2,(H,22,25). The quantitative estimate of drug-likeness (QED) is 0.900. The lowest BCUT2D eigenvalue weighted by Gasteiger charge is -2.32. The average molecular weight is 338 g/mol. The Morgan fingerprint density at radius 1 is 1.12 bits per heavy atom. The topological polar surface area (TPSA) is 75.2 Å². The second kappa shape index (κ2) is 8.37. The van der Waals surface area contributed by atoms with Crippen molar-refractivity contribution in [1.82, 2.24) is 20.2 Å². The normalized spacial score (nSPS) is 15.0. The van der Waals surface area contributed by atoms with E-state index in [9.17, 15) is 9.59 Å². The number of aromatic nitrogens is 2. The molecule has 0 bridgehead atoms. The average Bonchev–Trinajstić information content (AvgIpc) is 2.68. The van der Waals surface area contributed by atoms with Crippen molar-refractivity contribution in [1.29, 1.82) is 0 Å². The summed E-state index contributed by atoms with van der Waals surface area (Å²) in [4.78, 5) is 33.8. The fourth-order valence-corrected chi connectivity index (χ4v) is 3.11. The molecule has 6 nitrogen and oxygen atoms in total. The van der Waals surface area contributed by atoms with Gasteiger partial charge in [-0.15, -0.1) is 0 Å². The molecule has 6 heteroatoms. The van der Waals surface area contributed by atoms with Gasteiger partial charge in [0.25, 0.3) is 5.91 Å². The number of rotatable bonds is 5. The zero-order chi connectivity index (χ0) is 17.5. The molecule has 1 N–H and O–H groups in total. The first kappa shape index (κ1) is 17.1. The largest absolute Gasteiger partial charge is 0.342 e. The van der Waals surface area contributed by atoms with Crippen molar-refractivity contribution in [2.75, 3.05) is 19.6 Å². The van der Waals surface area contributed by atoms with Crippen molar-refractivity contribution in [3.8, 4) is 0 Å². The summed E-state index contributed by atoms with van der Waals surface area (Å²) < 4.78 is 0. The van der Waals surface area contributed by atoms with Gasteiger partial charge in [0.15, 0.2) is 0 Å². The molecule has 25 heavy (non-hydrogen) atoms. The molecule has 0 radical (unpaired) electrons. The van der Waals surface area contributed by atoms with Gasteiger partial charge in [-0.05, 0) is 30.7 Å². The Hall–Kier alpha value is -2.76. The van der Waals surface area contributed by atoms with Crippen LogP contribution in [0.4, 0.5) is 0 Å². The lowest BCUT2D eigenvalue weighted by atomic mass is 9.90. The Labute approximate surface area is 147 Å². The van der Waals surface area contributed by atoms with Gasteiger partial charge in [0, 0.05) is 25.5 Å². The second-order valence-electron chi connectivity index (χ2n) is 6.29. The van der Waals surface area contributed by atoms with Gasteiger partial charge in [-0.3, -0.25) is 14.6 Å². The Morgan fingerprint density at radius 3 is 2.56 bits per heavy atom. The van der Waals surface area contributed by atoms with Crippen LogP contribution in [0, 0.1) is 5.92 Å². The molecule has 1 aromatic heterocycles. The van der Waals surface area contributed by atoms with Crippen LogP contribution in [-0.2, 0) is 11.2 Å². The van der Waals surface area contributed by atoms with Crippen molar-refractivity contribution in [3.05, 3.63) is 60.2 Å². The molecule has 130 valence electrons. The highest BCUT2D eigenvalue weighted by Crippen LogP contribution is 2.21. The lowest BCUT2D eigenvalue weighted by Crippen LogP contribution is -2.44. The molecule has 0 unspecified atom stereocenters. The SMILES string of the molecule is O=C(NCC(=O)N1CCC(Cc2ccccc2)CC1)c1cnccn1. The summed E-state index contributed by atoms with van der Waals surface area (Å²) >= 11 is 0. The van der Waals surface area contributed by atoms with Gasteiger partial charge in [0.05, 0.1) is 12.7 Å². The fourth-order valence-electron chi connectivity index (χ4n) is 3.11. The first-order valence-electron chi connectivity index (χ1n) is 8.58. The van der Waals surface area contributed by atoms with E-state index < -0.39 is 0 Å². The third-order valence-corrected chi connectivity index (χ3v) is 4.53. The minimum Gasteiger partial charge on any atom is -0.342 e. The summed E-state index contributed by atoms with van der Waals surface area (Å²) in [6.07, 6.45) is 7.40. The van der Waals surface area contributed by atoms with Crippen LogP contribution in [0.15, 0.2) is 48.9 Å². The molecule has 1 aliphatic heterocycles. The maximum atomic E-state index is 12.3. The molecule has 3 rings (SSSR count). The molecular weight excluding hydrogens is 316 g/mol. The van der Waals surface area contributed by atoms with Crippen molar-refractivity contribution in [3.63, 3.8) is 0 Å². The van der Waals surface area contributed by atoms with Crippen LogP contribution in [0.5, 0.6) is 0 Å². The summed E-state index contributed by atoms with van der Waals surface area (Å²) in [5, 5.41) is 2.61. The molecule has 1 aliphatic rings.